The van der Waals surface area contributed by atoms with E-state index in [1.165, 1.54) is 0 Å². The SMILES string of the molecule is CCCC(=O)Nc1cccc(CN=C(N)Nc2ccccc2)c1.I. The van der Waals surface area contributed by atoms with E-state index in [9.17, 15) is 4.79 Å². The summed E-state index contributed by atoms with van der Waals surface area (Å²) in [6.45, 7) is 2.43. The van der Waals surface area contributed by atoms with Crippen LogP contribution in [0, 0.1) is 0 Å². The van der Waals surface area contributed by atoms with Crippen LogP contribution in [0.1, 0.15) is 25.3 Å². The number of aliphatic imine (C=N–C) groups is 1. The maximum Gasteiger partial charge on any atom is 0.224 e. The van der Waals surface area contributed by atoms with E-state index in [2.05, 4.69) is 15.6 Å². The molecule has 0 spiro atoms. The molecule has 0 heterocycles. The molecular formula is C18H23IN4O. The smallest absolute Gasteiger partial charge is 0.224 e. The summed E-state index contributed by atoms with van der Waals surface area (Å²) in [5, 5.41) is 5.91. The lowest BCUT2D eigenvalue weighted by molar-refractivity contribution is -0.116. The summed E-state index contributed by atoms with van der Waals surface area (Å²) in [6, 6.07) is 17.3. The molecule has 128 valence electrons. The van der Waals surface area contributed by atoms with Gasteiger partial charge in [0.2, 0.25) is 5.91 Å². The fourth-order valence-electron chi connectivity index (χ4n) is 2.08. The lowest BCUT2D eigenvalue weighted by Crippen LogP contribution is -2.22. The lowest BCUT2D eigenvalue weighted by Gasteiger charge is -2.07. The van der Waals surface area contributed by atoms with Gasteiger partial charge in [-0.1, -0.05) is 37.3 Å². The molecule has 2 aromatic rings. The molecule has 0 aliphatic carbocycles. The van der Waals surface area contributed by atoms with Crippen molar-refractivity contribution in [1.29, 1.82) is 0 Å². The van der Waals surface area contributed by atoms with E-state index in [0.717, 1.165) is 23.4 Å². The molecule has 6 heteroatoms. The maximum atomic E-state index is 11.6. The highest BCUT2D eigenvalue weighted by atomic mass is 127. The molecular weight excluding hydrogens is 415 g/mol. The van der Waals surface area contributed by atoms with Gasteiger partial charge in [-0.15, -0.1) is 24.0 Å². The minimum atomic E-state index is 0. The zero-order chi connectivity index (χ0) is 16.5. The predicted molar refractivity (Wildman–Crippen MR) is 111 cm³/mol. The molecule has 0 aliphatic heterocycles. The molecule has 0 aromatic heterocycles. The fraction of sp³-hybridized carbons (Fsp3) is 0.222. The number of hydrogen-bond acceptors (Lipinski definition) is 2. The maximum absolute atomic E-state index is 11.6. The van der Waals surface area contributed by atoms with E-state index in [-0.39, 0.29) is 29.9 Å². The number of rotatable bonds is 6. The summed E-state index contributed by atoms with van der Waals surface area (Å²) in [6.07, 6.45) is 1.35. The molecule has 1 amide bonds. The Balaban J connectivity index is 0.00000288. The molecule has 4 N–H and O–H groups in total. The van der Waals surface area contributed by atoms with Crippen LogP contribution in [0.5, 0.6) is 0 Å². The summed E-state index contributed by atoms with van der Waals surface area (Å²) < 4.78 is 0. The van der Waals surface area contributed by atoms with Crippen LogP contribution in [0.25, 0.3) is 0 Å². The molecule has 0 aliphatic rings. The van der Waals surface area contributed by atoms with Crippen molar-refractivity contribution in [3.63, 3.8) is 0 Å². The van der Waals surface area contributed by atoms with Crippen LogP contribution in [0.2, 0.25) is 0 Å². The highest BCUT2D eigenvalue weighted by Crippen LogP contribution is 2.12. The molecule has 2 rings (SSSR count). The third-order valence-electron chi connectivity index (χ3n) is 3.17. The second-order valence-electron chi connectivity index (χ2n) is 5.19. The number of hydrogen-bond donors (Lipinski definition) is 3. The number of nitrogens with two attached hydrogens (primary N) is 1. The van der Waals surface area contributed by atoms with Gasteiger partial charge >= 0.3 is 0 Å². The molecule has 0 radical (unpaired) electrons. The second-order valence-corrected chi connectivity index (χ2v) is 5.19. The molecule has 0 saturated heterocycles. The number of nitrogens with zero attached hydrogens (tertiary/aromatic N) is 1. The molecule has 0 unspecified atom stereocenters. The minimum absolute atomic E-state index is 0. The quantitative estimate of drug-likeness (QED) is 0.363. The average Bonchev–Trinajstić information content (AvgIpc) is 2.54. The zero-order valence-corrected chi connectivity index (χ0v) is 16.0. The third-order valence-corrected chi connectivity index (χ3v) is 3.17. The molecule has 5 nitrogen and oxygen atoms in total. The van der Waals surface area contributed by atoms with Gasteiger partial charge in [0.05, 0.1) is 6.54 Å². The average molecular weight is 438 g/mol. The van der Waals surface area contributed by atoms with Crippen molar-refractivity contribution < 1.29 is 4.79 Å². The van der Waals surface area contributed by atoms with E-state index >= 15 is 0 Å². The normalized spacial score (nSPS) is 10.6. The molecule has 24 heavy (non-hydrogen) atoms. The van der Waals surface area contributed by atoms with E-state index in [1.807, 2.05) is 61.5 Å². The lowest BCUT2D eigenvalue weighted by atomic mass is 10.2. The zero-order valence-electron chi connectivity index (χ0n) is 13.7. The van der Waals surface area contributed by atoms with Gasteiger partial charge < -0.3 is 16.4 Å². The Labute approximate surface area is 159 Å². The number of amides is 1. The van der Waals surface area contributed by atoms with Crippen LogP contribution in [0.15, 0.2) is 59.6 Å². The summed E-state index contributed by atoms with van der Waals surface area (Å²) in [5.74, 6) is 0.384. The number of benzene rings is 2. The first kappa shape index (κ1) is 20.0. The van der Waals surface area contributed by atoms with Crippen LogP contribution in [-0.2, 0) is 11.3 Å². The monoisotopic (exact) mass is 438 g/mol. The van der Waals surface area contributed by atoms with Crippen LogP contribution in [0.4, 0.5) is 11.4 Å². The molecule has 0 saturated carbocycles. The van der Waals surface area contributed by atoms with E-state index in [0.29, 0.717) is 18.9 Å². The minimum Gasteiger partial charge on any atom is -0.370 e. The second kappa shape index (κ2) is 10.6. The first-order valence-electron chi connectivity index (χ1n) is 7.68. The number of carbonyl (C=O) groups excluding carboxylic acids is 1. The Morgan fingerprint density at radius 1 is 1.04 bits per heavy atom. The van der Waals surface area contributed by atoms with Gasteiger partial charge in [-0.3, -0.25) is 4.79 Å². The summed E-state index contributed by atoms with van der Waals surface area (Å²) in [7, 11) is 0. The Kier molecular flexibility index (Phi) is 8.85. The van der Waals surface area contributed by atoms with Crippen LogP contribution >= 0.6 is 24.0 Å². The molecule has 0 fully saturated rings. The van der Waals surface area contributed by atoms with Gasteiger partial charge in [0.25, 0.3) is 0 Å². The molecule has 0 bridgehead atoms. The van der Waals surface area contributed by atoms with E-state index < -0.39 is 0 Å². The van der Waals surface area contributed by atoms with Gasteiger partial charge in [-0.2, -0.15) is 0 Å². The van der Waals surface area contributed by atoms with Crippen molar-refractivity contribution in [2.75, 3.05) is 10.6 Å². The van der Waals surface area contributed by atoms with Crippen molar-refractivity contribution >= 4 is 47.2 Å². The van der Waals surface area contributed by atoms with Gasteiger partial charge in [0, 0.05) is 17.8 Å². The number of carbonyl (C=O) groups is 1. The van der Waals surface area contributed by atoms with Gasteiger partial charge in [0.15, 0.2) is 5.96 Å². The van der Waals surface area contributed by atoms with Crippen molar-refractivity contribution in [3.05, 3.63) is 60.2 Å². The van der Waals surface area contributed by atoms with Crippen molar-refractivity contribution in [3.8, 4) is 0 Å². The fourth-order valence-corrected chi connectivity index (χ4v) is 2.08. The topological polar surface area (TPSA) is 79.5 Å². The largest absolute Gasteiger partial charge is 0.370 e. The van der Waals surface area contributed by atoms with Gasteiger partial charge in [0.1, 0.15) is 0 Å². The first-order chi connectivity index (χ1) is 11.2. The van der Waals surface area contributed by atoms with Gasteiger partial charge in [-0.05, 0) is 36.2 Å². The number of guanidine groups is 1. The van der Waals surface area contributed by atoms with Crippen molar-refractivity contribution in [2.24, 2.45) is 10.7 Å². The Hall–Kier alpha value is -2.09. The number of halogens is 1. The highest BCUT2D eigenvalue weighted by molar-refractivity contribution is 14.0. The van der Waals surface area contributed by atoms with Crippen LogP contribution in [0.3, 0.4) is 0 Å². The number of para-hydroxylation sites is 1. The number of anilines is 2. The Bertz CT molecular complexity index is 674. The highest BCUT2D eigenvalue weighted by Gasteiger charge is 2.01. The Morgan fingerprint density at radius 2 is 1.75 bits per heavy atom. The standard InChI is InChI=1S/C18H22N4O.HI/c1-2-7-17(23)21-16-11-6-8-14(12-16)13-20-18(19)22-15-9-4-3-5-10-15;/h3-6,8-12H,2,7,13H2,1H3,(H,21,23)(H3,19,20,22);1H. The van der Waals surface area contributed by atoms with Crippen molar-refractivity contribution in [1.82, 2.24) is 0 Å². The summed E-state index contributed by atoms with van der Waals surface area (Å²) in [4.78, 5) is 15.9. The Morgan fingerprint density at radius 3 is 2.46 bits per heavy atom. The third kappa shape index (κ3) is 6.99. The summed E-state index contributed by atoms with van der Waals surface area (Å²) >= 11 is 0. The number of nitrogens with one attached hydrogen (secondary N) is 2. The van der Waals surface area contributed by atoms with E-state index in [1.54, 1.807) is 0 Å². The van der Waals surface area contributed by atoms with Crippen molar-refractivity contribution in [2.45, 2.75) is 26.3 Å². The summed E-state index contributed by atoms with van der Waals surface area (Å²) in [5.41, 5.74) is 8.55. The van der Waals surface area contributed by atoms with Crippen LogP contribution in [-0.4, -0.2) is 11.9 Å². The van der Waals surface area contributed by atoms with Gasteiger partial charge in [-0.25, -0.2) is 4.99 Å². The predicted octanol–water partition coefficient (Wildman–Crippen LogP) is 3.97. The first-order valence-corrected chi connectivity index (χ1v) is 7.68. The van der Waals surface area contributed by atoms with E-state index in [4.69, 9.17) is 5.73 Å². The molecule has 2 aromatic carbocycles. The van der Waals surface area contributed by atoms with Crippen LogP contribution < -0.4 is 16.4 Å². The molecule has 0 atom stereocenters.